The fourth-order valence-corrected chi connectivity index (χ4v) is 3.41. The fraction of sp³-hybridized carbons (Fsp3) is 0.533. The van der Waals surface area contributed by atoms with Gasteiger partial charge in [0.25, 0.3) is 0 Å². The van der Waals surface area contributed by atoms with Gasteiger partial charge in [0.05, 0.1) is 0 Å². The molecule has 2 rings (SSSR count). The number of carbonyl (C=O) groups is 1. The van der Waals surface area contributed by atoms with Crippen LogP contribution in [0.1, 0.15) is 43.4 Å². The molecule has 0 fully saturated rings. The molecule has 1 N–H and O–H groups in total. The van der Waals surface area contributed by atoms with E-state index in [9.17, 15) is 4.79 Å². The largest absolute Gasteiger partial charge is 0.481 e. The summed E-state index contributed by atoms with van der Waals surface area (Å²) in [6, 6.07) is 4.08. The number of unbranched alkanes of at least 4 members (excludes halogenated alkanes) is 1. The number of carboxylic acids is 1. The maximum absolute atomic E-state index is 10.5. The lowest BCUT2D eigenvalue weighted by Gasteiger charge is -2.35. The van der Waals surface area contributed by atoms with Crippen molar-refractivity contribution in [3.05, 3.63) is 33.3 Å². The van der Waals surface area contributed by atoms with Crippen molar-refractivity contribution in [2.45, 2.75) is 38.6 Å². The molecule has 1 aliphatic rings. The van der Waals surface area contributed by atoms with Gasteiger partial charge in [0, 0.05) is 29.1 Å². The highest BCUT2D eigenvalue weighted by atomic mass is 35.5. The summed E-state index contributed by atoms with van der Waals surface area (Å²) in [5, 5.41) is 10.1. The molecule has 0 aliphatic carbocycles. The molecule has 0 bridgehead atoms. The standard InChI is InChI=1S/C15H19Cl2NO2/c1-10-13-8-11(16)9-14(17)12(13)5-7-18(10)6-3-2-4-15(19)20/h8-10H,2-7H2,1H3,(H,19,20). The van der Waals surface area contributed by atoms with Gasteiger partial charge in [-0.15, -0.1) is 0 Å². The SMILES string of the molecule is CC1c2cc(Cl)cc(Cl)c2CCN1CCCCC(=O)O. The van der Waals surface area contributed by atoms with Gasteiger partial charge < -0.3 is 5.11 Å². The Kier molecular flexibility index (Phi) is 5.30. The summed E-state index contributed by atoms with van der Waals surface area (Å²) in [7, 11) is 0. The smallest absolute Gasteiger partial charge is 0.303 e. The van der Waals surface area contributed by atoms with Crippen LogP contribution in [-0.2, 0) is 11.2 Å². The second kappa shape index (κ2) is 6.79. The van der Waals surface area contributed by atoms with Crippen molar-refractivity contribution in [2.75, 3.05) is 13.1 Å². The van der Waals surface area contributed by atoms with E-state index in [4.69, 9.17) is 28.3 Å². The Bertz CT molecular complexity index is 505. The van der Waals surface area contributed by atoms with E-state index in [1.807, 2.05) is 6.07 Å². The second-order valence-corrected chi connectivity index (χ2v) is 6.11. The van der Waals surface area contributed by atoms with Crippen LogP contribution in [0.4, 0.5) is 0 Å². The lowest BCUT2D eigenvalue weighted by Crippen LogP contribution is -2.34. The van der Waals surface area contributed by atoms with Gasteiger partial charge in [-0.1, -0.05) is 23.2 Å². The predicted molar refractivity (Wildman–Crippen MR) is 81.6 cm³/mol. The number of rotatable bonds is 5. The minimum atomic E-state index is -0.722. The van der Waals surface area contributed by atoms with Crippen molar-refractivity contribution in [2.24, 2.45) is 0 Å². The summed E-state index contributed by atoms with van der Waals surface area (Å²) in [6.07, 6.45) is 2.80. The molecule has 0 saturated carbocycles. The van der Waals surface area contributed by atoms with E-state index in [0.29, 0.717) is 5.02 Å². The normalized spacial score (nSPS) is 18.9. The molecule has 3 nitrogen and oxygen atoms in total. The first-order chi connectivity index (χ1) is 9.49. The molecular weight excluding hydrogens is 297 g/mol. The number of fused-ring (bicyclic) bond motifs is 1. The van der Waals surface area contributed by atoms with Gasteiger partial charge in [-0.05, 0) is 56.0 Å². The molecule has 1 aromatic carbocycles. The van der Waals surface area contributed by atoms with Crippen molar-refractivity contribution in [1.82, 2.24) is 4.90 Å². The first-order valence-electron chi connectivity index (χ1n) is 6.92. The van der Waals surface area contributed by atoms with Gasteiger partial charge in [-0.3, -0.25) is 9.69 Å². The highest BCUT2D eigenvalue weighted by Gasteiger charge is 2.25. The Labute approximate surface area is 129 Å². The molecule has 1 atom stereocenters. The number of carboxylic acid groups (broad SMARTS) is 1. The van der Waals surface area contributed by atoms with E-state index < -0.39 is 5.97 Å². The lowest BCUT2D eigenvalue weighted by molar-refractivity contribution is -0.137. The molecule has 20 heavy (non-hydrogen) atoms. The van der Waals surface area contributed by atoms with Gasteiger partial charge in [-0.25, -0.2) is 0 Å². The number of hydrogen-bond acceptors (Lipinski definition) is 2. The lowest BCUT2D eigenvalue weighted by atomic mass is 9.93. The van der Waals surface area contributed by atoms with Crippen LogP contribution in [-0.4, -0.2) is 29.1 Å². The molecule has 0 saturated heterocycles. The summed E-state index contributed by atoms with van der Waals surface area (Å²) in [4.78, 5) is 12.9. The fourth-order valence-electron chi connectivity index (χ4n) is 2.80. The number of hydrogen-bond donors (Lipinski definition) is 1. The summed E-state index contributed by atoms with van der Waals surface area (Å²) < 4.78 is 0. The topological polar surface area (TPSA) is 40.5 Å². The van der Waals surface area contributed by atoms with E-state index in [1.54, 1.807) is 6.07 Å². The van der Waals surface area contributed by atoms with Gasteiger partial charge in [-0.2, -0.15) is 0 Å². The van der Waals surface area contributed by atoms with Crippen LogP contribution in [0.25, 0.3) is 0 Å². The highest BCUT2D eigenvalue weighted by Crippen LogP contribution is 2.35. The first-order valence-corrected chi connectivity index (χ1v) is 7.68. The summed E-state index contributed by atoms with van der Waals surface area (Å²) >= 11 is 12.3. The Hall–Kier alpha value is -0.770. The van der Waals surface area contributed by atoms with Gasteiger partial charge >= 0.3 is 5.97 Å². The van der Waals surface area contributed by atoms with E-state index in [1.165, 1.54) is 11.1 Å². The van der Waals surface area contributed by atoms with Crippen LogP contribution in [0.15, 0.2) is 12.1 Å². The predicted octanol–water partition coefficient (Wildman–Crippen LogP) is 4.17. The van der Waals surface area contributed by atoms with Crippen molar-refractivity contribution >= 4 is 29.2 Å². The molecular formula is C15H19Cl2NO2. The molecule has 1 heterocycles. The maximum atomic E-state index is 10.5. The molecule has 1 aliphatic heterocycles. The zero-order valence-electron chi connectivity index (χ0n) is 11.5. The van der Waals surface area contributed by atoms with Gasteiger partial charge in [0.15, 0.2) is 0 Å². The zero-order chi connectivity index (χ0) is 14.7. The Morgan fingerprint density at radius 2 is 2.15 bits per heavy atom. The van der Waals surface area contributed by atoms with Crippen LogP contribution in [0.3, 0.4) is 0 Å². The Morgan fingerprint density at radius 1 is 1.40 bits per heavy atom. The van der Waals surface area contributed by atoms with Crippen molar-refractivity contribution < 1.29 is 9.90 Å². The third-order valence-electron chi connectivity index (χ3n) is 3.93. The van der Waals surface area contributed by atoms with Gasteiger partial charge in [0.2, 0.25) is 0 Å². The van der Waals surface area contributed by atoms with Gasteiger partial charge in [0.1, 0.15) is 0 Å². The van der Waals surface area contributed by atoms with Crippen LogP contribution < -0.4 is 0 Å². The van der Waals surface area contributed by atoms with E-state index in [2.05, 4.69) is 11.8 Å². The monoisotopic (exact) mass is 315 g/mol. The summed E-state index contributed by atoms with van der Waals surface area (Å²) in [5.74, 6) is -0.722. The van der Waals surface area contributed by atoms with Crippen molar-refractivity contribution in [3.63, 3.8) is 0 Å². The summed E-state index contributed by atoms with van der Waals surface area (Å²) in [5.41, 5.74) is 2.40. The molecule has 5 heteroatoms. The molecule has 1 aromatic rings. The molecule has 0 amide bonds. The molecule has 110 valence electrons. The van der Waals surface area contributed by atoms with E-state index in [0.717, 1.165) is 37.4 Å². The molecule has 0 spiro atoms. The second-order valence-electron chi connectivity index (χ2n) is 5.27. The van der Waals surface area contributed by atoms with Crippen LogP contribution >= 0.6 is 23.2 Å². The molecule has 0 radical (unpaired) electrons. The maximum Gasteiger partial charge on any atom is 0.303 e. The third-order valence-corrected chi connectivity index (χ3v) is 4.48. The van der Waals surface area contributed by atoms with Crippen LogP contribution in [0, 0.1) is 0 Å². The van der Waals surface area contributed by atoms with E-state index >= 15 is 0 Å². The minimum Gasteiger partial charge on any atom is -0.481 e. The highest BCUT2D eigenvalue weighted by molar-refractivity contribution is 6.35. The quantitative estimate of drug-likeness (QED) is 0.829. The van der Waals surface area contributed by atoms with E-state index in [-0.39, 0.29) is 12.5 Å². The Balaban J connectivity index is 2.00. The number of halogens is 2. The number of aliphatic carboxylic acids is 1. The third kappa shape index (κ3) is 3.66. The average molecular weight is 316 g/mol. The van der Waals surface area contributed by atoms with Crippen LogP contribution in [0.2, 0.25) is 10.0 Å². The Morgan fingerprint density at radius 3 is 2.85 bits per heavy atom. The molecule has 0 aromatic heterocycles. The van der Waals surface area contributed by atoms with Crippen molar-refractivity contribution in [1.29, 1.82) is 0 Å². The number of nitrogens with zero attached hydrogens (tertiary/aromatic N) is 1. The van der Waals surface area contributed by atoms with Crippen LogP contribution in [0.5, 0.6) is 0 Å². The first kappa shape index (κ1) is 15.6. The average Bonchev–Trinajstić information content (AvgIpc) is 2.37. The van der Waals surface area contributed by atoms with Crippen molar-refractivity contribution in [3.8, 4) is 0 Å². The summed E-state index contributed by atoms with van der Waals surface area (Å²) in [6.45, 7) is 4.03. The zero-order valence-corrected chi connectivity index (χ0v) is 13.0. The molecule has 1 unspecified atom stereocenters. The minimum absolute atomic E-state index is 0.246. The number of benzene rings is 1.